The lowest BCUT2D eigenvalue weighted by atomic mass is 10.2. The highest BCUT2D eigenvalue weighted by molar-refractivity contribution is 7.89. The van der Waals surface area contributed by atoms with Gasteiger partial charge >= 0.3 is 0 Å². The third-order valence-corrected chi connectivity index (χ3v) is 5.18. The number of hydrogen-bond donors (Lipinski definition) is 2. The van der Waals surface area contributed by atoms with Crippen molar-refractivity contribution in [3.05, 3.63) is 54.6 Å². The number of benzene rings is 2. The molecule has 0 heterocycles. The van der Waals surface area contributed by atoms with E-state index in [1.165, 1.54) is 12.1 Å². The van der Waals surface area contributed by atoms with Gasteiger partial charge in [0.2, 0.25) is 10.0 Å². The second-order valence-electron chi connectivity index (χ2n) is 6.12. The lowest BCUT2D eigenvalue weighted by molar-refractivity contribution is -0.122. The summed E-state index contributed by atoms with van der Waals surface area (Å²) in [6.07, 6.45) is -0.130. The van der Waals surface area contributed by atoms with Gasteiger partial charge in [-0.2, -0.15) is 0 Å². The van der Waals surface area contributed by atoms with Gasteiger partial charge in [0.05, 0.1) is 4.90 Å². The van der Waals surface area contributed by atoms with Crippen LogP contribution in [0.25, 0.3) is 0 Å². The van der Waals surface area contributed by atoms with E-state index in [9.17, 15) is 13.2 Å². The molecule has 0 aliphatic rings. The van der Waals surface area contributed by atoms with Crippen LogP contribution < -0.4 is 14.8 Å². The maximum Gasteiger partial charge on any atom is 0.265 e. The Bertz CT molecular complexity index is 818. The number of para-hydroxylation sites is 1. The van der Waals surface area contributed by atoms with Crippen LogP contribution in [0.3, 0.4) is 0 Å². The van der Waals surface area contributed by atoms with Gasteiger partial charge in [-0.05, 0) is 56.7 Å². The van der Waals surface area contributed by atoms with Gasteiger partial charge in [0.15, 0.2) is 6.10 Å². The highest BCUT2D eigenvalue weighted by atomic mass is 32.2. The molecule has 140 valence electrons. The Morgan fingerprint density at radius 1 is 1.04 bits per heavy atom. The summed E-state index contributed by atoms with van der Waals surface area (Å²) < 4.78 is 32.4. The molecule has 2 aromatic rings. The molecule has 2 N–H and O–H groups in total. The fraction of sp³-hybridized carbons (Fsp3) is 0.316. The zero-order valence-corrected chi connectivity index (χ0v) is 15.9. The van der Waals surface area contributed by atoms with E-state index in [-0.39, 0.29) is 16.8 Å². The molecular formula is C19H24N2O4S. The minimum atomic E-state index is -3.55. The summed E-state index contributed by atoms with van der Waals surface area (Å²) in [6, 6.07) is 15.0. The number of anilines is 1. The van der Waals surface area contributed by atoms with Crippen molar-refractivity contribution in [1.82, 2.24) is 4.72 Å². The van der Waals surface area contributed by atoms with Crippen LogP contribution in [-0.4, -0.2) is 26.5 Å². The van der Waals surface area contributed by atoms with Gasteiger partial charge in [0, 0.05) is 11.7 Å². The Balaban J connectivity index is 2.04. The van der Waals surface area contributed by atoms with E-state index < -0.39 is 16.1 Å². The predicted octanol–water partition coefficient (Wildman–Crippen LogP) is 3.17. The van der Waals surface area contributed by atoms with Crippen LogP contribution in [-0.2, 0) is 14.8 Å². The van der Waals surface area contributed by atoms with Crippen molar-refractivity contribution in [3.8, 4) is 5.75 Å². The molecule has 2 rings (SSSR count). The van der Waals surface area contributed by atoms with E-state index in [4.69, 9.17) is 4.74 Å². The maximum absolute atomic E-state index is 12.4. The number of hydrogen-bond acceptors (Lipinski definition) is 4. The molecule has 0 spiro atoms. The van der Waals surface area contributed by atoms with Crippen LogP contribution >= 0.6 is 0 Å². The SMILES string of the molecule is CC[C@H](Oc1ccccc1)C(=O)Nc1ccc(S(=O)(=O)NC(C)C)cc1. The lowest BCUT2D eigenvalue weighted by Gasteiger charge is -2.17. The molecule has 0 saturated heterocycles. The maximum atomic E-state index is 12.4. The molecule has 0 bridgehead atoms. The molecule has 0 saturated carbocycles. The quantitative estimate of drug-likeness (QED) is 0.741. The lowest BCUT2D eigenvalue weighted by Crippen LogP contribution is -2.32. The first-order valence-corrected chi connectivity index (χ1v) is 9.95. The Morgan fingerprint density at radius 3 is 2.19 bits per heavy atom. The molecule has 26 heavy (non-hydrogen) atoms. The Hall–Kier alpha value is -2.38. The van der Waals surface area contributed by atoms with Crippen molar-refractivity contribution in [1.29, 1.82) is 0 Å². The van der Waals surface area contributed by atoms with Gasteiger partial charge in [0.25, 0.3) is 5.91 Å². The molecule has 0 aromatic heterocycles. The summed E-state index contributed by atoms with van der Waals surface area (Å²) in [5, 5.41) is 2.75. The van der Waals surface area contributed by atoms with Crippen LogP contribution in [0.5, 0.6) is 5.75 Å². The summed E-state index contributed by atoms with van der Waals surface area (Å²) in [4.78, 5) is 12.6. The fourth-order valence-electron chi connectivity index (χ4n) is 2.30. The first kappa shape index (κ1) is 19.9. The van der Waals surface area contributed by atoms with E-state index in [0.717, 1.165) is 0 Å². The fourth-order valence-corrected chi connectivity index (χ4v) is 3.56. The normalized spacial score (nSPS) is 12.6. The Kier molecular flexibility index (Phi) is 6.76. The van der Waals surface area contributed by atoms with Crippen molar-refractivity contribution < 1.29 is 17.9 Å². The number of amides is 1. The van der Waals surface area contributed by atoms with E-state index in [0.29, 0.717) is 17.9 Å². The second kappa shape index (κ2) is 8.82. The van der Waals surface area contributed by atoms with Gasteiger partial charge in [-0.3, -0.25) is 4.79 Å². The molecule has 6 nitrogen and oxygen atoms in total. The zero-order valence-electron chi connectivity index (χ0n) is 15.1. The van der Waals surface area contributed by atoms with Gasteiger partial charge in [0.1, 0.15) is 5.75 Å². The molecule has 0 radical (unpaired) electrons. The third kappa shape index (κ3) is 5.57. The Morgan fingerprint density at radius 2 is 1.65 bits per heavy atom. The summed E-state index contributed by atoms with van der Waals surface area (Å²) in [5.74, 6) is 0.336. The van der Waals surface area contributed by atoms with E-state index >= 15 is 0 Å². The highest BCUT2D eigenvalue weighted by Gasteiger charge is 2.19. The van der Waals surface area contributed by atoms with E-state index in [2.05, 4.69) is 10.0 Å². The summed E-state index contributed by atoms with van der Waals surface area (Å²) >= 11 is 0. The Labute approximate surface area is 154 Å². The highest BCUT2D eigenvalue weighted by Crippen LogP contribution is 2.17. The van der Waals surface area contributed by atoms with Crippen LogP contribution in [0.2, 0.25) is 0 Å². The van der Waals surface area contributed by atoms with Crippen molar-refractivity contribution in [3.63, 3.8) is 0 Å². The molecule has 2 aromatic carbocycles. The topological polar surface area (TPSA) is 84.5 Å². The molecular weight excluding hydrogens is 352 g/mol. The molecule has 1 atom stereocenters. The van der Waals surface area contributed by atoms with Crippen molar-refractivity contribution in [2.75, 3.05) is 5.32 Å². The first-order valence-electron chi connectivity index (χ1n) is 8.46. The smallest absolute Gasteiger partial charge is 0.265 e. The summed E-state index contributed by atoms with van der Waals surface area (Å²) in [6.45, 7) is 5.37. The first-order chi connectivity index (χ1) is 12.3. The summed E-state index contributed by atoms with van der Waals surface area (Å²) in [7, 11) is -3.55. The van der Waals surface area contributed by atoms with Crippen LogP contribution in [0.1, 0.15) is 27.2 Å². The van der Waals surface area contributed by atoms with E-state index in [1.807, 2.05) is 25.1 Å². The minimum Gasteiger partial charge on any atom is -0.481 e. The number of sulfonamides is 1. The van der Waals surface area contributed by atoms with Gasteiger partial charge in [-0.25, -0.2) is 13.1 Å². The number of carbonyl (C=O) groups excluding carboxylic acids is 1. The van der Waals surface area contributed by atoms with Crippen molar-refractivity contribution in [2.24, 2.45) is 0 Å². The van der Waals surface area contributed by atoms with Gasteiger partial charge in [-0.15, -0.1) is 0 Å². The van der Waals surface area contributed by atoms with Crippen molar-refractivity contribution >= 4 is 21.6 Å². The predicted molar refractivity (Wildman–Crippen MR) is 102 cm³/mol. The average molecular weight is 376 g/mol. The number of ether oxygens (including phenoxy) is 1. The van der Waals surface area contributed by atoms with Crippen LogP contribution in [0.4, 0.5) is 5.69 Å². The van der Waals surface area contributed by atoms with Gasteiger partial charge in [-0.1, -0.05) is 25.1 Å². The number of rotatable bonds is 8. The van der Waals surface area contributed by atoms with Gasteiger partial charge < -0.3 is 10.1 Å². The number of nitrogens with one attached hydrogen (secondary N) is 2. The minimum absolute atomic E-state index is 0.150. The zero-order chi connectivity index (χ0) is 19.2. The van der Waals surface area contributed by atoms with Crippen LogP contribution in [0, 0.1) is 0 Å². The molecule has 7 heteroatoms. The molecule has 1 amide bonds. The van der Waals surface area contributed by atoms with Crippen molar-refractivity contribution in [2.45, 2.75) is 44.2 Å². The monoisotopic (exact) mass is 376 g/mol. The molecule has 0 fully saturated rings. The van der Waals surface area contributed by atoms with Crippen LogP contribution in [0.15, 0.2) is 59.5 Å². The van der Waals surface area contributed by atoms with E-state index in [1.54, 1.807) is 38.1 Å². The molecule has 0 aliphatic heterocycles. The molecule has 0 aliphatic carbocycles. The number of carbonyl (C=O) groups is 1. The largest absolute Gasteiger partial charge is 0.481 e. The standard InChI is InChI=1S/C19H24N2O4S/c1-4-18(25-16-8-6-5-7-9-16)19(22)20-15-10-12-17(13-11-15)26(23,24)21-14(2)3/h5-14,18,21H,4H2,1-3H3,(H,20,22)/t18-/m0/s1. The second-order valence-corrected chi connectivity index (χ2v) is 7.83. The summed E-state index contributed by atoms with van der Waals surface area (Å²) in [5.41, 5.74) is 0.508. The third-order valence-electron chi connectivity index (χ3n) is 3.51. The average Bonchev–Trinajstić information content (AvgIpc) is 2.60. The molecule has 0 unspecified atom stereocenters.